The third-order valence-corrected chi connectivity index (χ3v) is 2.64. The van der Waals surface area contributed by atoms with Gasteiger partial charge >= 0.3 is 5.97 Å². The molecule has 0 saturated carbocycles. The molecule has 1 rings (SSSR count). The second-order valence-corrected chi connectivity index (χ2v) is 4.48. The molecule has 0 aliphatic heterocycles. The largest absolute Gasteiger partial charge is 0.481 e. The Balaban J connectivity index is 2.48. The van der Waals surface area contributed by atoms with Crippen LogP contribution in [0.4, 0.5) is 5.69 Å². The number of hydrogen-bond donors (Lipinski definition) is 3. The summed E-state index contributed by atoms with van der Waals surface area (Å²) in [6.07, 6.45) is 0.399. The van der Waals surface area contributed by atoms with E-state index in [4.69, 9.17) is 5.11 Å². The van der Waals surface area contributed by atoms with Gasteiger partial charge in [0.2, 0.25) is 5.91 Å². The van der Waals surface area contributed by atoms with Crippen molar-refractivity contribution in [3.63, 3.8) is 0 Å². The number of anilines is 1. The fourth-order valence-corrected chi connectivity index (χ4v) is 1.79. The number of benzene rings is 1. The van der Waals surface area contributed by atoms with Crippen LogP contribution in [0.25, 0.3) is 0 Å². The highest BCUT2D eigenvalue weighted by molar-refractivity contribution is 5.91. The molecule has 5 heteroatoms. The van der Waals surface area contributed by atoms with Gasteiger partial charge in [0.25, 0.3) is 0 Å². The fraction of sp³-hybridized carbons (Fsp3) is 0.429. The number of rotatable bonds is 7. The molecular weight excluding hydrogens is 244 g/mol. The molecule has 104 valence electrons. The highest BCUT2D eigenvalue weighted by Gasteiger charge is 2.08. The van der Waals surface area contributed by atoms with Gasteiger partial charge in [0.05, 0.1) is 6.42 Å². The number of hydrogen-bond acceptors (Lipinski definition) is 3. The van der Waals surface area contributed by atoms with E-state index in [0.717, 1.165) is 6.54 Å². The molecule has 5 nitrogen and oxygen atoms in total. The van der Waals surface area contributed by atoms with Crippen molar-refractivity contribution in [1.82, 2.24) is 5.32 Å². The predicted molar refractivity (Wildman–Crippen MR) is 74.2 cm³/mol. The third kappa shape index (κ3) is 6.01. The summed E-state index contributed by atoms with van der Waals surface area (Å²) in [5.41, 5.74) is 1.40. The van der Waals surface area contributed by atoms with E-state index in [1.54, 1.807) is 24.3 Å². The van der Waals surface area contributed by atoms with E-state index in [9.17, 15) is 9.59 Å². The molecular formula is C14H20N2O3. The van der Waals surface area contributed by atoms with E-state index in [-0.39, 0.29) is 18.4 Å². The first kappa shape index (κ1) is 15.2. The average molecular weight is 264 g/mol. The minimum atomic E-state index is -0.865. The molecule has 1 aromatic rings. The molecule has 0 radical (unpaired) electrons. The summed E-state index contributed by atoms with van der Waals surface area (Å²) >= 11 is 0. The lowest BCUT2D eigenvalue weighted by atomic mass is 10.1. The zero-order valence-electron chi connectivity index (χ0n) is 11.3. The second-order valence-electron chi connectivity index (χ2n) is 4.48. The molecule has 3 N–H and O–H groups in total. The number of carboxylic acid groups (broad SMARTS) is 1. The molecule has 1 aromatic carbocycles. The summed E-state index contributed by atoms with van der Waals surface area (Å²) in [6, 6.07) is 6.98. The predicted octanol–water partition coefficient (Wildman–Crippen LogP) is 1.64. The van der Waals surface area contributed by atoms with Crippen molar-refractivity contribution < 1.29 is 14.7 Å². The summed E-state index contributed by atoms with van der Waals surface area (Å²) in [5, 5.41) is 14.6. The first-order chi connectivity index (χ1) is 9.01. The molecule has 0 saturated heterocycles. The fourth-order valence-electron chi connectivity index (χ4n) is 1.79. The van der Waals surface area contributed by atoms with Crippen molar-refractivity contribution in [2.75, 3.05) is 11.9 Å². The monoisotopic (exact) mass is 264 g/mol. The van der Waals surface area contributed by atoms with E-state index in [0.29, 0.717) is 17.7 Å². The zero-order valence-corrected chi connectivity index (χ0v) is 11.3. The van der Waals surface area contributed by atoms with Crippen molar-refractivity contribution >= 4 is 17.6 Å². The van der Waals surface area contributed by atoms with Crippen LogP contribution in [0.2, 0.25) is 0 Å². The Hall–Kier alpha value is -1.88. The third-order valence-electron chi connectivity index (χ3n) is 2.64. The summed E-state index contributed by atoms with van der Waals surface area (Å²) in [4.78, 5) is 22.3. The normalized spacial score (nSPS) is 11.9. The van der Waals surface area contributed by atoms with E-state index < -0.39 is 5.97 Å². The summed E-state index contributed by atoms with van der Waals surface area (Å²) in [7, 11) is 0. The standard InChI is InChI=1S/C14H20N2O3/c1-3-15-10(2)8-13(17)16-12-6-4-11(5-7-12)9-14(18)19/h4-7,10,15H,3,8-9H2,1-2H3,(H,16,17)(H,18,19). The van der Waals surface area contributed by atoms with Crippen LogP contribution in [0.1, 0.15) is 25.8 Å². The van der Waals surface area contributed by atoms with Crippen molar-refractivity contribution in [3.05, 3.63) is 29.8 Å². The topological polar surface area (TPSA) is 78.4 Å². The van der Waals surface area contributed by atoms with Crippen LogP contribution in [-0.4, -0.2) is 29.6 Å². The number of nitrogens with one attached hydrogen (secondary N) is 2. The number of carbonyl (C=O) groups excluding carboxylic acids is 1. The molecule has 1 atom stereocenters. The Labute approximate surface area is 113 Å². The van der Waals surface area contributed by atoms with E-state index in [1.165, 1.54) is 0 Å². The van der Waals surface area contributed by atoms with Gasteiger partial charge in [-0.1, -0.05) is 19.1 Å². The lowest BCUT2D eigenvalue weighted by molar-refractivity contribution is -0.136. The SMILES string of the molecule is CCNC(C)CC(=O)Nc1ccc(CC(=O)O)cc1. The van der Waals surface area contributed by atoms with Gasteiger partial charge in [-0.15, -0.1) is 0 Å². The molecule has 0 aromatic heterocycles. The molecule has 0 bridgehead atoms. The van der Waals surface area contributed by atoms with Crippen LogP contribution in [0.5, 0.6) is 0 Å². The van der Waals surface area contributed by atoms with Crippen LogP contribution >= 0.6 is 0 Å². The minimum absolute atomic E-state index is 0.00825. The van der Waals surface area contributed by atoms with Crippen LogP contribution < -0.4 is 10.6 Å². The molecule has 1 unspecified atom stereocenters. The van der Waals surface area contributed by atoms with Crippen LogP contribution in [0.15, 0.2) is 24.3 Å². The summed E-state index contributed by atoms with van der Waals surface area (Å²) in [6.45, 7) is 4.78. The van der Waals surface area contributed by atoms with E-state index >= 15 is 0 Å². The minimum Gasteiger partial charge on any atom is -0.481 e. The quantitative estimate of drug-likeness (QED) is 0.699. The van der Waals surface area contributed by atoms with Gasteiger partial charge < -0.3 is 15.7 Å². The van der Waals surface area contributed by atoms with Gasteiger partial charge in [-0.25, -0.2) is 0 Å². The number of amides is 1. The molecule has 0 aliphatic carbocycles. The summed E-state index contributed by atoms with van der Waals surface area (Å²) in [5.74, 6) is -0.921. The van der Waals surface area contributed by atoms with Gasteiger partial charge in [0.15, 0.2) is 0 Å². The highest BCUT2D eigenvalue weighted by Crippen LogP contribution is 2.10. The Kier molecular flexibility index (Phi) is 6.02. The van der Waals surface area contributed by atoms with Gasteiger partial charge in [-0.2, -0.15) is 0 Å². The Bertz CT molecular complexity index is 429. The van der Waals surface area contributed by atoms with E-state index in [2.05, 4.69) is 10.6 Å². The Morgan fingerprint density at radius 3 is 2.42 bits per heavy atom. The Morgan fingerprint density at radius 2 is 1.89 bits per heavy atom. The first-order valence-electron chi connectivity index (χ1n) is 6.35. The van der Waals surface area contributed by atoms with Crippen LogP contribution in [0, 0.1) is 0 Å². The molecule has 19 heavy (non-hydrogen) atoms. The maximum Gasteiger partial charge on any atom is 0.307 e. The van der Waals surface area contributed by atoms with Crippen molar-refractivity contribution in [3.8, 4) is 0 Å². The van der Waals surface area contributed by atoms with Gasteiger partial charge in [-0.05, 0) is 31.2 Å². The average Bonchev–Trinajstić information content (AvgIpc) is 2.31. The van der Waals surface area contributed by atoms with Crippen LogP contribution in [-0.2, 0) is 16.0 Å². The number of carboxylic acids is 1. The van der Waals surface area contributed by atoms with E-state index in [1.807, 2.05) is 13.8 Å². The molecule has 0 aliphatic rings. The highest BCUT2D eigenvalue weighted by atomic mass is 16.4. The smallest absolute Gasteiger partial charge is 0.307 e. The molecule has 1 amide bonds. The molecule has 0 fully saturated rings. The lowest BCUT2D eigenvalue weighted by Gasteiger charge is -2.12. The maximum atomic E-state index is 11.7. The number of aliphatic carboxylic acids is 1. The molecule has 0 heterocycles. The summed E-state index contributed by atoms with van der Waals surface area (Å²) < 4.78 is 0. The van der Waals surface area contributed by atoms with Crippen LogP contribution in [0.3, 0.4) is 0 Å². The van der Waals surface area contributed by atoms with Gasteiger partial charge in [0, 0.05) is 18.2 Å². The van der Waals surface area contributed by atoms with Crippen molar-refractivity contribution in [2.45, 2.75) is 32.7 Å². The van der Waals surface area contributed by atoms with Crippen molar-refractivity contribution in [2.24, 2.45) is 0 Å². The Morgan fingerprint density at radius 1 is 1.26 bits per heavy atom. The molecule has 0 spiro atoms. The maximum absolute atomic E-state index is 11.7. The van der Waals surface area contributed by atoms with Crippen molar-refractivity contribution in [1.29, 1.82) is 0 Å². The first-order valence-corrected chi connectivity index (χ1v) is 6.35. The lowest BCUT2D eigenvalue weighted by Crippen LogP contribution is -2.30. The van der Waals surface area contributed by atoms with Gasteiger partial charge in [-0.3, -0.25) is 9.59 Å². The number of carbonyl (C=O) groups is 2. The second kappa shape index (κ2) is 7.53. The van der Waals surface area contributed by atoms with Gasteiger partial charge in [0.1, 0.15) is 0 Å². The zero-order chi connectivity index (χ0) is 14.3.